The highest BCUT2D eigenvalue weighted by atomic mass is 16.6. The number of nitrogens with zero attached hydrogens (tertiary/aromatic N) is 2. The number of hydrogen-bond donors (Lipinski definition) is 3. The molecule has 0 aliphatic rings. The third-order valence-electron chi connectivity index (χ3n) is 4.55. The molecule has 35 heavy (non-hydrogen) atoms. The Kier molecular flexibility index (Phi) is 11.7. The minimum absolute atomic E-state index is 0.0475. The second-order valence-corrected chi connectivity index (χ2v) is 8.67. The van der Waals surface area contributed by atoms with Gasteiger partial charge in [0, 0.05) is 6.54 Å². The van der Waals surface area contributed by atoms with E-state index in [0.29, 0.717) is 5.56 Å². The molecule has 11 heteroatoms. The normalized spacial score (nSPS) is 12.5. The molecule has 1 aromatic rings. The number of esters is 1. The zero-order valence-corrected chi connectivity index (χ0v) is 20.8. The summed E-state index contributed by atoms with van der Waals surface area (Å²) in [7, 11) is 0. The summed E-state index contributed by atoms with van der Waals surface area (Å²) in [5.41, 5.74) is 0.375. The summed E-state index contributed by atoms with van der Waals surface area (Å²) in [5, 5.41) is 24.1. The zero-order chi connectivity index (χ0) is 26.6. The maximum atomic E-state index is 13.3. The number of carbonyl (C=O) groups excluding carboxylic acids is 4. The van der Waals surface area contributed by atoms with Crippen LogP contribution in [0.5, 0.6) is 0 Å². The van der Waals surface area contributed by atoms with Gasteiger partial charge in [0.05, 0.1) is 25.7 Å². The molecule has 1 rings (SSSR count). The third-order valence-corrected chi connectivity index (χ3v) is 4.55. The van der Waals surface area contributed by atoms with Crippen molar-refractivity contribution in [3.63, 3.8) is 0 Å². The topological polar surface area (TPSA) is 158 Å². The van der Waals surface area contributed by atoms with Crippen molar-refractivity contribution in [3.05, 3.63) is 35.4 Å². The van der Waals surface area contributed by atoms with Crippen molar-refractivity contribution in [2.75, 3.05) is 26.3 Å². The average molecular weight is 491 g/mol. The molecular formula is C24H34N4O7. The molecule has 0 heterocycles. The fourth-order valence-electron chi connectivity index (χ4n) is 3.14. The van der Waals surface area contributed by atoms with E-state index in [1.807, 2.05) is 6.07 Å². The summed E-state index contributed by atoms with van der Waals surface area (Å²) in [6.45, 7) is 7.25. The minimum Gasteiger partial charge on any atom is -0.466 e. The van der Waals surface area contributed by atoms with E-state index in [9.17, 15) is 29.5 Å². The van der Waals surface area contributed by atoms with Crippen molar-refractivity contribution in [3.8, 4) is 6.07 Å². The van der Waals surface area contributed by atoms with Crippen LogP contribution < -0.4 is 10.6 Å². The maximum Gasteiger partial charge on any atom is 0.408 e. The molecule has 0 radical (unpaired) electrons. The number of nitrogens with one attached hydrogen (secondary N) is 2. The van der Waals surface area contributed by atoms with E-state index in [-0.39, 0.29) is 19.6 Å². The number of aryl methyl sites for hydroxylation is 1. The number of hydrogen-bond acceptors (Lipinski definition) is 8. The standard InChI is InChI=1S/C24H34N4O7/c1-6-34-19(30)10-12-26-21(31)20(17-9-7-8-16(2)14-17)28(13-11-25)22(32)18(15-29)27-23(33)35-24(3,4)5/h7-9,14,18,20,29H,6,10,12-13,15H2,1-5H3,(H,26,31)(H,27,33). The number of nitriles is 1. The zero-order valence-electron chi connectivity index (χ0n) is 20.8. The highest BCUT2D eigenvalue weighted by Crippen LogP contribution is 2.23. The number of rotatable bonds is 11. The van der Waals surface area contributed by atoms with Crippen molar-refractivity contribution in [2.45, 2.75) is 58.7 Å². The molecule has 0 spiro atoms. The molecule has 0 bridgehead atoms. The second kappa shape index (κ2) is 13.9. The summed E-state index contributed by atoms with van der Waals surface area (Å²) in [4.78, 5) is 51.3. The SMILES string of the molecule is CCOC(=O)CCNC(=O)C(c1cccc(C)c1)N(CC#N)C(=O)C(CO)NC(=O)OC(C)(C)C. The molecule has 0 aliphatic carbocycles. The highest BCUT2D eigenvalue weighted by molar-refractivity contribution is 5.92. The Hall–Kier alpha value is -3.65. The Labute approximate surface area is 205 Å². The molecule has 0 aliphatic heterocycles. The summed E-state index contributed by atoms with van der Waals surface area (Å²) in [6, 6.07) is 5.93. The molecule has 3 N–H and O–H groups in total. The minimum atomic E-state index is -1.46. The van der Waals surface area contributed by atoms with E-state index in [2.05, 4.69) is 10.6 Å². The van der Waals surface area contributed by atoms with Gasteiger partial charge in [-0.25, -0.2) is 4.79 Å². The van der Waals surface area contributed by atoms with Gasteiger partial charge in [0.25, 0.3) is 0 Å². The number of ether oxygens (including phenoxy) is 2. The maximum absolute atomic E-state index is 13.3. The smallest absolute Gasteiger partial charge is 0.408 e. The van der Waals surface area contributed by atoms with Gasteiger partial charge in [-0.15, -0.1) is 0 Å². The largest absolute Gasteiger partial charge is 0.466 e. The molecule has 0 saturated carbocycles. The number of aliphatic hydroxyl groups is 1. The quantitative estimate of drug-likeness (QED) is 0.310. The van der Waals surface area contributed by atoms with Gasteiger partial charge < -0.3 is 30.1 Å². The molecule has 1 aromatic carbocycles. The van der Waals surface area contributed by atoms with Gasteiger partial charge in [0.1, 0.15) is 24.2 Å². The van der Waals surface area contributed by atoms with Gasteiger partial charge in [-0.1, -0.05) is 29.8 Å². The second-order valence-electron chi connectivity index (χ2n) is 8.67. The van der Waals surface area contributed by atoms with Gasteiger partial charge in [0.15, 0.2) is 0 Å². The number of aliphatic hydroxyl groups excluding tert-OH is 1. The van der Waals surface area contributed by atoms with Gasteiger partial charge in [-0.2, -0.15) is 5.26 Å². The van der Waals surface area contributed by atoms with Crippen molar-refractivity contribution in [1.29, 1.82) is 5.26 Å². The Morgan fingerprint density at radius 1 is 1.23 bits per heavy atom. The number of amides is 3. The summed E-state index contributed by atoms with van der Waals surface area (Å²) >= 11 is 0. The first-order valence-electron chi connectivity index (χ1n) is 11.2. The van der Waals surface area contributed by atoms with E-state index >= 15 is 0 Å². The monoisotopic (exact) mass is 490 g/mol. The fraction of sp³-hybridized carbons (Fsp3) is 0.542. The summed E-state index contributed by atoms with van der Waals surface area (Å²) < 4.78 is 9.99. The van der Waals surface area contributed by atoms with Crippen LogP contribution in [-0.2, 0) is 23.9 Å². The van der Waals surface area contributed by atoms with Crippen LogP contribution in [0.15, 0.2) is 24.3 Å². The van der Waals surface area contributed by atoms with E-state index < -0.39 is 54.7 Å². The lowest BCUT2D eigenvalue weighted by Gasteiger charge is -2.32. The Balaban J connectivity index is 3.24. The van der Waals surface area contributed by atoms with Crippen LogP contribution in [0.2, 0.25) is 0 Å². The van der Waals surface area contributed by atoms with Crippen molar-refractivity contribution >= 4 is 23.9 Å². The lowest BCUT2D eigenvalue weighted by molar-refractivity contribution is -0.144. The van der Waals surface area contributed by atoms with E-state index in [1.54, 1.807) is 58.9 Å². The third kappa shape index (κ3) is 10.0. The first-order valence-corrected chi connectivity index (χ1v) is 11.2. The molecule has 2 atom stereocenters. The van der Waals surface area contributed by atoms with Crippen LogP contribution in [0.1, 0.15) is 51.3 Å². The molecular weight excluding hydrogens is 456 g/mol. The number of carbonyl (C=O) groups is 4. The van der Waals surface area contributed by atoms with Crippen LogP contribution in [-0.4, -0.2) is 71.8 Å². The van der Waals surface area contributed by atoms with Gasteiger partial charge in [0.2, 0.25) is 11.8 Å². The van der Waals surface area contributed by atoms with E-state index in [0.717, 1.165) is 10.5 Å². The number of alkyl carbamates (subject to hydrolysis) is 1. The van der Waals surface area contributed by atoms with Crippen LogP contribution in [0.3, 0.4) is 0 Å². The predicted molar refractivity (Wildman–Crippen MR) is 126 cm³/mol. The fourth-order valence-corrected chi connectivity index (χ4v) is 3.14. The van der Waals surface area contributed by atoms with Crippen LogP contribution in [0, 0.1) is 18.3 Å². The number of benzene rings is 1. The van der Waals surface area contributed by atoms with E-state index in [4.69, 9.17) is 9.47 Å². The lowest BCUT2D eigenvalue weighted by Crippen LogP contribution is -2.54. The molecule has 0 saturated heterocycles. The Morgan fingerprint density at radius 2 is 1.91 bits per heavy atom. The van der Waals surface area contributed by atoms with Crippen molar-refractivity contribution in [2.24, 2.45) is 0 Å². The van der Waals surface area contributed by atoms with Crippen LogP contribution >= 0.6 is 0 Å². The average Bonchev–Trinajstić information content (AvgIpc) is 2.75. The molecule has 0 aromatic heterocycles. The lowest BCUT2D eigenvalue weighted by atomic mass is 10.0. The van der Waals surface area contributed by atoms with Crippen LogP contribution in [0.25, 0.3) is 0 Å². The van der Waals surface area contributed by atoms with E-state index in [1.165, 1.54) is 0 Å². The molecule has 11 nitrogen and oxygen atoms in total. The van der Waals surface area contributed by atoms with Crippen molar-refractivity contribution < 1.29 is 33.8 Å². The molecule has 0 fully saturated rings. The Morgan fingerprint density at radius 3 is 2.46 bits per heavy atom. The molecule has 192 valence electrons. The predicted octanol–water partition coefficient (Wildman–Crippen LogP) is 1.34. The first-order chi connectivity index (χ1) is 16.4. The van der Waals surface area contributed by atoms with Gasteiger partial charge in [-0.3, -0.25) is 14.4 Å². The van der Waals surface area contributed by atoms with Crippen molar-refractivity contribution in [1.82, 2.24) is 15.5 Å². The summed E-state index contributed by atoms with van der Waals surface area (Å²) in [6.07, 6.45) is -1.01. The van der Waals surface area contributed by atoms with Gasteiger partial charge >= 0.3 is 12.1 Å². The highest BCUT2D eigenvalue weighted by Gasteiger charge is 2.36. The Bertz CT molecular complexity index is 937. The van der Waals surface area contributed by atoms with Gasteiger partial charge in [-0.05, 0) is 40.2 Å². The molecule has 2 unspecified atom stereocenters. The summed E-state index contributed by atoms with van der Waals surface area (Å²) in [5.74, 6) is -1.99. The molecule has 3 amide bonds. The van der Waals surface area contributed by atoms with Crippen LogP contribution in [0.4, 0.5) is 4.79 Å². The first kappa shape index (κ1) is 29.4.